The molecule has 12 heteroatoms. The lowest BCUT2D eigenvalue weighted by Gasteiger charge is -2.32. The van der Waals surface area contributed by atoms with Crippen LogP contribution in [0.4, 0.5) is 0 Å². The van der Waals surface area contributed by atoms with Gasteiger partial charge in [0.05, 0.1) is 38.4 Å². The van der Waals surface area contributed by atoms with Crippen LogP contribution < -0.4 is 14.2 Å². The molecule has 0 spiro atoms. The minimum atomic E-state index is -0.520. The van der Waals surface area contributed by atoms with Crippen molar-refractivity contribution in [3.63, 3.8) is 0 Å². The first-order chi connectivity index (χ1) is 69.2. The number of ether oxygens (including phenoxy) is 3. The lowest BCUT2D eigenvalue weighted by Crippen LogP contribution is -2.25. The van der Waals surface area contributed by atoms with Crippen LogP contribution in [0.5, 0.6) is 17.2 Å². The zero-order valence-electron chi connectivity index (χ0n) is 80.9. The van der Waals surface area contributed by atoms with Crippen molar-refractivity contribution in [1.82, 2.24) is 45.0 Å². The quantitative estimate of drug-likeness (QED) is 0.0209. The molecule has 0 radical (unpaired) electrons. The maximum Gasteiger partial charge on any atom is 0.119 e. The standard InChI is InChI=1S/C128H123N9O3/c1-5-95-50-56-107(57-51-95)122(101-38-20-14-21-39-101)125(104-44-26-17-27-45-104)110-68-62-98(63-69-110)119-92-135(132-129-119)86-32-8-11-35-89-138-116-80-74-113(75-81-116)128(4,114-76-82-117(83-77-114)139-90-36-12-9-33-87-136-93-120(130-133-136)99-64-70-111(71-65-99)126(105-46-28-18-29-47-105)123(102-40-22-15-23-41-102)108-58-52-96(6-2)53-59-108)115-78-84-118(85-79-115)140-91-37-13-10-34-88-137-94-121(131-134-137)100-66-72-112(73-67-100)127(106-48-30-19-31-49-106)124(103-42-24-16-25-43-103)109-60-54-97(7-3)55-61-109/h14-31,38-85,92-94H,5-13,32-37,86-91H2,1-4H3/b125-122-,126-123+,127-124+. The summed E-state index contributed by atoms with van der Waals surface area (Å²) in [6.07, 6.45) is 21.4. The van der Waals surface area contributed by atoms with Gasteiger partial charge in [0.2, 0.25) is 0 Å². The third kappa shape index (κ3) is 23.8. The van der Waals surface area contributed by atoms with Crippen molar-refractivity contribution in [2.24, 2.45) is 0 Å². The average Bonchev–Trinajstić information content (AvgIpc) is 1.20. The summed E-state index contributed by atoms with van der Waals surface area (Å²) in [5.41, 5.74) is 33.8. The summed E-state index contributed by atoms with van der Waals surface area (Å²) >= 11 is 0. The molecule has 0 aliphatic carbocycles. The van der Waals surface area contributed by atoms with Crippen molar-refractivity contribution in [2.45, 2.75) is 149 Å². The number of benzene rings is 15. The van der Waals surface area contributed by atoms with E-state index in [2.05, 4.69) is 478 Å². The molecule has 698 valence electrons. The van der Waals surface area contributed by atoms with Gasteiger partial charge in [-0.25, -0.2) is 0 Å². The summed E-state index contributed by atoms with van der Waals surface area (Å²) < 4.78 is 25.4. The van der Waals surface area contributed by atoms with Crippen molar-refractivity contribution >= 4 is 33.4 Å². The first kappa shape index (κ1) is 94.7. The normalized spacial score (nSPS) is 12.1. The molecule has 3 aromatic heterocycles. The molecule has 3 heterocycles. The summed E-state index contributed by atoms with van der Waals surface area (Å²) in [5.74, 6) is 2.57. The Morgan fingerprint density at radius 3 is 0.614 bits per heavy atom. The third-order valence-electron chi connectivity index (χ3n) is 27.0. The minimum Gasteiger partial charge on any atom is -0.494 e. The van der Waals surface area contributed by atoms with Gasteiger partial charge in [-0.2, -0.15) is 0 Å². The Morgan fingerprint density at radius 2 is 0.407 bits per heavy atom. The molecule has 0 unspecified atom stereocenters. The van der Waals surface area contributed by atoms with Gasteiger partial charge in [-0.3, -0.25) is 14.0 Å². The molecule has 0 bridgehead atoms. The predicted octanol–water partition coefficient (Wildman–Crippen LogP) is 30.4. The highest BCUT2D eigenvalue weighted by molar-refractivity contribution is 6.07. The third-order valence-corrected chi connectivity index (χ3v) is 27.0. The first-order valence-corrected chi connectivity index (χ1v) is 50.2. The molecule has 0 N–H and O–H groups in total. The fourth-order valence-electron chi connectivity index (χ4n) is 19.0. The Kier molecular flexibility index (Phi) is 32.1. The van der Waals surface area contributed by atoms with Gasteiger partial charge in [0.25, 0.3) is 0 Å². The van der Waals surface area contributed by atoms with Crippen LogP contribution in [0.3, 0.4) is 0 Å². The Balaban J connectivity index is 0.480. The van der Waals surface area contributed by atoms with Gasteiger partial charge >= 0.3 is 0 Å². The monoisotopic (exact) mass is 1830 g/mol. The number of hydrogen-bond donors (Lipinski definition) is 0. The highest BCUT2D eigenvalue weighted by Gasteiger charge is 2.32. The Morgan fingerprint density at radius 1 is 0.214 bits per heavy atom. The molecule has 0 atom stereocenters. The lowest BCUT2D eigenvalue weighted by atomic mass is 9.71. The zero-order chi connectivity index (χ0) is 95.3. The van der Waals surface area contributed by atoms with Crippen LogP contribution in [0.25, 0.3) is 67.2 Å². The first-order valence-electron chi connectivity index (χ1n) is 50.2. The summed E-state index contributed by atoms with van der Waals surface area (Å²) in [5, 5.41) is 27.7. The van der Waals surface area contributed by atoms with Gasteiger partial charge in [-0.05, 0) is 254 Å². The summed E-state index contributed by atoms with van der Waals surface area (Å²) in [7, 11) is 0. The van der Waals surface area contributed by atoms with E-state index in [0.717, 1.165) is 200 Å². The van der Waals surface area contributed by atoms with E-state index >= 15 is 0 Å². The number of rotatable bonds is 45. The molecule has 0 aliphatic heterocycles. The maximum absolute atomic E-state index is 6.47. The van der Waals surface area contributed by atoms with Crippen molar-refractivity contribution in [3.05, 3.63) is 519 Å². The smallest absolute Gasteiger partial charge is 0.119 e. The van der Waals surface area contributed by atoms with Crippen LogP contribution in [0.15, 0.2) is 419 Å². The van der Waals surface area contributed by atoms with E-state index in [1.165, 1.54) is 100 Å². The van der Waals surface area contributed by atoms with Crippen molar-refractivity contribution in [3.8, 4) is 51.0 Å². The van der Waals surface area contributed by atoms with E-state index in [1.54, 1.807) is 0 Å². The second-order valence-electron chi connectivity index (χ2n) is 36.4. The minimum absolute atomic E-state index is 0.520. The fourth-order valence-corrected chi connectivity index (χ4v) is 19.0. The van der Waals surface area contributed by atoms with Gasteiger partial charge in [0.1, 0.15) is 34.3 Å². The number of unbranched alkanes of at least 4 members (excludes halogenated alkanes) is 9. The van der Waals surface area contributed by atoms with Crippen LogP contribution >= 0.6 is 0 Å². The summed E-state index contributed by atoms with van der Waals surface area (Å²) in [4.78, 5) is 0. The Labute approximate surface area is 826 Å². The van der Waals surface area contributed by atoms with Crippen LogP contribution in [0.2, 0.25) is 0 Å². The number of aromatic nitrogens is 9. The second-order valence-corrected chi connectivity index (χ2v) is 36.4. The van der Waals surface area contributed by atoms with Crippen molar-refractivity contribution in [1.29, 1.82) is 0 Å². The molecular formula is C128H123N9O3. The number of hydrogen-bond acceptors (Lipinski definition) is 9. The van der Waals surface area contributed by atoms with E-state index in [0.29, 0.717) is 19.8 Å². The van der Waals surface area contributed by atoms with Gasteiger partial charge in [-0.15, -0.1) is 15.3 Å². The van der Waals surface area contributed by atoms with Gasteiger partial charge in [0, 0.05) is 41.7 Å². The highest BCUT2D eigenvalue weighted by atomic mass is 16.5. The van der Waals surface area contributed by atoms with Gasteiger partial charge in [-0.1, -0.05) is 420 Å². The fraction of sp³-hybridized carbons (Fsp3) is 0.203. The van der Waals surface area contributed by atoms with Gasteiger partial charge < -0.3 is 14.2 Å². The van der Waals surface area contributed by atoms with Crippen LogP contribution in [-0.2, 0) is 44.3 Å². The van der Waals surface area contributed by atoms with Gasteiger partial charge in [0.15, 0.2) is 0 Å². The largest absolute Gasteiger partial charge is 0.494 e. The van der Waals surface area contributed by atoms with E-state index in [9.17, 15) is 0 Å². The SMILES string of the molecule is CCc1ccc(/C(=C(/c2ccccc2)c2ccc(-c3cn(CCCCCCOc4ccc(C(C)(c5ccc(OCCCCCCn6cc(-c7ccc(/C(=C(\c8ccccc8)c8ccc(CC)cc8)c8ccccc8)cc7)nn6)cc5)c5ccc(OCCCCCCn6cc(-c7ccc(/C(=C(\c8ccccc8)c8ccc(CC)cc8)c8ccccc8)cc7)nn6)cc5)cc4)nn3)cc2)c2ccccc2)cc1. The van der Waals surface area contributed by atoms with Crippen molar-refractivity contribution < 1.29 is 14.2 Å². The zero-order valence-corrected chi connectivity index (χ0v) is 80.9. The molecule has 0 saturated carbocycles. The van der Waals surface area contributed by atoms with E-state index in [4.69, 9.17) is 14.2 Å². The molecule has 0 saturated heterocycles. The maximum atomic E-state index is 6.47. The van der Waals surface area contributed by atoms with Crippen molar-refractivity contribution in [2.75, 3.05) is 19.8 Å². The number of aryl methyl sites for hydroxylation is 6. The molecule has 18 aromatic rings. The molecule has 0 aliphatic rings. The number of nitrogens with zero attached hydrogens (tertiary/aromatic N) is 9. The average molecular weight is 1840 g/mol. The molecule has 12 nitrogen and oxygen atoms in total. The molecule has 140 heavy (non-hydrogen) atoms. The Bertz CT molecular complexity index is 6350. The molecule has 0 fully saturated rings. The van der Waals surface area contributed by atoms with E-state index in [1.807, 2.05) is 14.0 Å². The molecule has 15 aromatic carbocycles. The predicted molar refractivity (Wildman–Crippen MR) is 574 cm³/mol. The molecule has 0 amide bonds. The molecule has 18 rings (SSSR count). The van der Waals surface area contributed by atoms with Crippen LogP contribution in [0.1, 0.15) is 205 Å². The van der Waals surface area contributed by atoms with Crippen LogP contribution in [-0.4, -0.2) is 64.8 Å². The highest BCUT2D eigenvalue weighted by Crippen LogP contribution is 2.45. The van der Waals surface area contributed by atoms with E-state index < -0.39 is 5.41 Å². The lowest BCUT2D eigenvalue weighted by molar-refractivity contribution is 0.303. The Hall–Kier alpha value is -15.7. The molecular weight excluding hydrogens is 1710 g/mol. The van der Waals surface area contributed by atoms with Crippen LogP contribution in [0, 0.1) is 0 Å². The topological polar surface area (TPSA) is 120 Å². The summed E-state index contributed by atoms with van der Waals surface area (Å²) in [6, 6.07) is 144. The second kappa shape index (κ2) is 47.4. The summed E-state index contributed by atoms with van der Waals surface area (Å²) in [6.45, 7) is 13.2. The van der Waals surface area contributed by atoms with E-state index in [-0.39, 0.29) is 0 Å².